The van der Waals surface area contributed by atoms with E-state index in [1.54, 1.807) is 11.9 Å². The molecule has 0 bridgehead atoms. The third kappa shape index (κ3) is 3.40. The van der Waals surface area contributed by atoms with Crippen LogP contribution in [0.2, 0.25) is 0 Å². The molecule has 0 N–H and O–H groups in total. The van der Waals surface area contributed by atoms with E-state index >= 15 is 0 Å². The molecule has 1 aliphatic rings. The number of ether oxygens (including phenoxy) is 1. The van der Waals surface area contributed by atoms with Crippen molar-refractivity contribution in [2.75, 3.05) is 24.8 Å². The normalized spacial score (nSPS) is 16.1. The van der Waals surface area contributed by atoms with Crippen molar-refractivity contribution in [3.05, 3.63) is 29.8 Å². The van der Waals surface area contributed by atoms with Gasteiger partial charge < -0.3 is 4.74 Å². The number of nitrogens with zero attached hydrogens (tertiary/aromatic N) is 1. The first-order valence-corrected chi connectivity index (χ1v) is 7.51. The van der Waals surface area contributed by atoms with E-state index in [0.29, 0.717) is 12.2 Å². The second-order valence-corrected chi connectivity index (χ2v) is 5.76. The summed E-state index contributed by atoms with van der Waals surface area (Å²) in [5.41, 5.74) is 0.663. The van der Waals surface area contributed by atoms with Crippen LogP contribution in [0.5, 0.6) is 0 Å². The minimum absolute atomic E-state index is 0.234. The summed E-state index contributed by atoms with van der Waals surface area (Å²) in [6, 6.07) is 7.62. The van der Waals surface area contributed by atoms with Crippen LogP contribution in [-0.2, 0) is 4.74 Å². The standard InChI is InChI=1S/C12H15NO2S2/c1-2-15-12(14)10-5-3-4-6-11(10)17-13-7-8-16-9-13/h3-6H,2,7-9H2,1H3. The van der Waals surface area contributed by atoms with Gasteiger partial charge in [-0.2, -0.15) is 0 Å². The zero-order chi connectivity index (χ0) is 12.1. The van der Waals surface area contributed by atoms with Crippen molar-refractivity contribution in [1.29, 1.82) is 0 Å². The van der Waals surface area contributed by atoms with Gasteiger partial charge in [0.15, 0.2) is 0 Å². The van der Waals surface area contributed by atoms with Gasteiger partial charge in [0.2, 0.25) is 0 Å². The van der Waals surface area contributed by atoms with Crippen molar-refractivity contribution < 1.29 is 9.53 Å². The first-order valence-electron chi connectivity index (χ1n) is 5.58. The Morgan fingerprint density at radius 2 is 2.35 bits per heavy atom. The quantitative estimate of drug-likeness (QED) is 0.619. The molecule has 1 heterocycles. The third-order valence-corrected chi connectivity index (χ3v) is 4.58. The fourth-order valence-corrected chi connectivity index (χ4v) is 3.74. The van der Waals surface area contributed by atoms with Crippen molar-refractivity contribution >= 4 is 29.7 Å². The fraction of sp³-hybridized carbons (Fsp3) is 0.417. The van der Waals surface area contributed by atoms with Gasteiger partial charge in [-0.3, -0.25) is 0 Å². The maximum atomic E-state index is 11.8. The molecule has 1 aromatic carbocycles. The van der Waals surface area contributed by atoms with Crippen molar-refractivity contribution in [3.8, 4) is 0 Å². The first kappa shape index (κ1) is 12.8. The van der Waals surface area contributed by atoms with Crippen LogP contribution in [-0.4, -0.2) is 35.1 Å². The molecule has 17 heavy (non-hydrogen) atoms. The highest BCUT2D eigenvalue weighted by Gasteiger charge is 2.18. The Morgan fingerprint density at radius 1 is 1.53 bits per heavy atom. The summed E-state index contributed by atoms with van der Waals surface area (Å²) in [6.07, 6.45) is 0. The van der Waals surface area contributed by atoms with Crippen LogP contribution >= 0.6 is 23.7 Å². The van der Waals surface area contributed by atoms with E-state index in [1.807, 2.05) is 43.0 Å². The number of thioether (sulfide) groups is 1. The van der Waals surface area contributed by atoms with Crippen molar-refractivity contribution in [2.24, 2.45) is 0 Å². The van der Waals surface area contributed by atoms with Crippen LogP contribution in [0.25, 0.3) is 0 Å². The van der Waals surface area contributed by atoms with Gasteiger partial charge in [0.1, 0.15) is 0 Å². The smallest absolute Gasteiger partial charge is 0.339 e. The van der Waals surface area contributed by atoms with Crippen LogP contribution in [0.1, 0.15) is 17.3 Å². The molecule has 0 radical (unpaired) electrons. The maximum Gasteiger partial charge on any atom is 0.339 e. The van der Waals surface area contributed by atoms with Gasteiger partial charge in [-0.15, -0.1) is 11.8 Å². The minimum atomic E-state index is -0.234. The van der Waals surface area contributed by atoms with E-state index in [4.69, 9.17) is 4.74 Å². The number of hydrogen-bond acceptors (Lipinski definition) is 5. The number of benzene rings is 1. The second kappa shape index (κ2) is 6.33. The van der Waals surface area contributed by atoms with E-state index in [1.165, 1.54) is 0 Å². The number of carbonyl (C=O) groups is 1. The molecule has 0 amide bonds. The van der Waals surface area contributed by atoms with Crippen LogP contribution < -0.4 is 0 Å². The Labute approximate surface area is 110 Å². The highest BCUT2D eigenvalue weighted by atomic mass is 32.2. The van der Waals surface area contributed by atoms with Gasteiger partial charge in [-0.1, -0.05) is 12.1 Å². The van der Waals surface area contributed by atoms with Crippen molar-refractivity contribution in [2.45, 2.75) is 11.8 Å². The zero-order valence-electron chi connectivity index (χ0n) is 9.72. The molecule has 2 rings (SSSR count). The van der Waals surface area contributed by atoms with E-state index in [-0.39, 0.29) is 5.97 Å². The highest BCUT2D eigenvalue weighted by Crippen LogP contribution is 2.31. The topological polar surface area (TPSA) is 29.5 Å². The van der Waals surface area contributed by atoms with Gasteiger partial charge >= 0.3 is 5.97 Å². The molecule has 5 heteroatoms. The molecular formula is C12H15NO2S2. The number of carbonyl (C=O) groups excluding carboxylic acids is 1. The van der Waals surface area contributed by atoms with Crippen LogP contribution in [0, 0.1) is 0 Å². The third-order valence-electron chi connectivity index (χ3n) is 2.33. The molecule has 0 atom stereocenters. The minimum Gasteiger partial charge on any atom is -0.462 e. The molecule has 0 aliphatic carbocycles. The second-order valence-electron chi connectivity index (χ2n) is 3.55. The van der Waals surface area contributed by atoms with E-state index in [9.17, 15) is 4.79 Å². The lowest BCUT2D eigenvalue weighted by atomic mass is 10.2. The van der Waals surface area contributed by atoms with Crippen molar-refractivity contribution in [1.82, 2.24) is 4.31 Å². The molecule has 1 aromatic rings. The molecule has 1 fully saturated rings. The molecule has 1 saturated heterocycles. The lowest BCUT2D eigenvalue weighted by Crippen LogP contribution is -2.12. The summed E-state index contributed by atoms with van der Waals surface area (Å²) in [5, 5.41) is 0. The Balaban J connectivity index is 2.12. The zero-order valence-corrected chi connectivity index (χ0v) is 11.4. The Bertz CT molecular complexity index is 392. The monoisotopic (exact) mass is 269 g/mol. The summed E-state index contributed by atoms with van der Waals surface area (Å²) in [6.45, 7) is 3.30. The maximum absolute atomic E-state index is 11.8. The summed E-state index contributed by atoms with van der Waals surface area (Å²) >= 11 is 3.56. The van der Waals surface area contributed by atoms with Gasteiger partial charge in [0.05, 0.1) is 18.0 Å². The molecule has 0 aromatic heterocycles. The Hall–Kier alpha value is -0.650. The molecular weight excluding hydrogens is 254 g/mol. The number of esters is 1. The summed E-state index contributed by atoms with van der Waals surface area (Å²) in [7, 11) is 0. The molecule has 0 spiro atoms. The van der Waals surface area contributed by atoms with Crippen LogP contribution in [0.4, 0.5) is 0 Å². The molecule has 1 aliphatic heterocycles. The predicted octanol–water partition coefficient (Wildman–Crippen LogP) is 2.88. The van der Waals surface area contributed by atoms with Crippen molar-refractivity contribution in [3.63, 3.8) is 0 Å². The summed E-state index contributed by atoms with van der Waals surface area (Å²) in [5.74, 6) is 1.94. The van der Waals surface area contributed by atoms with Gasteiger partial charge in [0, 0.05) is 17.2 Å². The fourth-order valence-electron chi connectivity index (χ4n) is 1.53. The molecule has 3 nitrogen and oxygen atoms in total. The van der Waals surface area contributed by atoms with E-state index < -0.39 is 0 Å². The van der Waals surface area contributed by atoms with E-state index in [0.717, 1.165) is 23.1 Å². The lowest BCUT2D eigenvalue weighted by Gasteiger charge is -2.14. The van der Waals surface area contributed by atoms with E-state index in [2.05, 4.69) is 4.31 Å². The van der Waals surface area contributed by atoms with Gasteiger partial charge in [0.25, 0.3) is 0 Å². The first-order chi connectivity index (χ1) is 8.31. The summed E-state index contributed by atoms with van der Waals surface area (Å²) < 4.78 is 7.32. The Morgan fingerprint density at radius 3 is 3.06 bits per heavy atom. The Kier molecular flexibility index (Phi) is 4.76. The highest BCUT2D eigenvalue weighted by molar-refractivity contribution is 8.02. The summed E-state index contributed by atoms with van der Waals surface area (Å²) in [4.78, 5) is 12.8. The SMILES string of the molecule is CCOC(=O)c1ccccc1SN1CCSC1. The largest absolute Gasteiger partial charge is 0.462 e. The van der Waals surface area contributed by atoms with Crippen LogP contribution in [0.15, 0.2) is 29.2 Å². The lowest BCUT2D eigenvalue weighted by molar-refractivity contribution is 0.0522. The van der Waals surface area contributed by atoms with Crippen LogP contribution in [0.3, 0.4) is 0 Å². The number of hydrogen-bond donors (Lipinski definition) is 0. The predicted molar refractivity (Wildman–Crippen MR) is 72.3 cm³/mol. The average Bonchev–Trinajstić information content (AvgIpc) is 2.83. The molecule has 0 saturated carbocycles. The molecule has 92 valence electrons. The van der Waals surface area contributed by atoms with Gasteiger partial charge in [-0.05, 0) is 31.0 Å². The molecule has 0 unspecified atom stereocenters. The average molecular weight is 269 g/mol. The van der Waals surface area contributed by atoms with Gasteiger partial charge in [-0.25, -0.2) is 9.10 Å². The number of rotatable bonds is 4.